The molecule has 0 saturated heterocycles. The fourth-order valence-corrected chi connectivity index (χ4v) is 9.31. The molecule has 0 aliphatic rings. The Kier molecular flexibility index (Phi) is 8.67. The Bertz CT molecular complexity index is 3920. The van der Waals surface area contributed by atoms with Crippen LogP contribution in [-0.4, -0.2) is 39.0 Å². The maximum Gasteiger partial charge on any atom is 0.238 e. The van der Waals surface area contributed by atoms with E-state index in [4.69, 9.17) is 29.9 Å². The van der Waals surface area contributed by atoms with Crippen molar-refractivity contribution in [3.05, 3.63) is 218 Å². The first-order valence-electron chi connectivity index (χ1n) is 22.0. The zero-order chi connectivity index (χ0) is 43.6. The summed E-state index contributed by atoms with van der Waals surface area (Å²) in [6.45, 7) is 0. The highest BCUT2D eigenvalue weighted by molar-refractivity contribution is 6.23. The van der Waals surface area contributed by atoms with Gasteiger partial charge in [0.05, 0.1) is 22.1 Å². The van der Waals surface area contributed by atoms with Crippen LogP contribution in [0.15, 0.2) is 218 Å². The van der Waals surface area contributed by atoms with Crippen molar-refractivity contribution in [2.45, 2.75) is 0 Å². The molecule has 0 aliphatic heterocycles. The highest BCUT2D eigenvalue weighted by Gasteiger charge is 2.24. The molecule has 0 unspecified atom stereocenters. The van der Waals surface area contributed by atoms with Crippen molar-refractivity contribution < 1.29 is 0 Å². The van der Waals surface area contributed by atoms with Crippen LogP contribution < -0.4 is 0 Å². The lowest BCUT2D eigenvalue weighted by molar-refractivity contribution is 0.953. The minimum atomic E-state index is 0.542. The quantitative estimate of drug-likeness (QED) is 0.159. The van der Waals surface area contributed by atoms with Gasteiger partial charge in [0.1, 0.15) is 0 Å². The average Bonchev–Trinajstić information content (AvgIpc) is 3.92. The van der Waals surface area contributed by atoms with Gasteiger partial charge in [-0.2, -0.15) is 9.97 Å². The van der Waals surface area contributed by atoms with Gasteiger partial charge in [0.2, 0.25) is 5.95 Å². The zero-order valence-electron chi connectivity index (χ0n) is 35.4. The van der Waals surface area contributed by atoms with Crippen LogP contribution in [-0.2, 0) is 0 Å². The normalized spacial score (nSPS) is 11.6. The van der Waals surface area contributed by atoms with Crippen molar-refractivity contribution >= 4 is 54.4 Å². The van der Waals surface area contributed by atoms with Crippen molar-refractivity contribution in [2.75, 3.05) is 0 Å². The molecule has 0 spiro atoms. The summed E-state index contributed by atoms with van der Waals surface area (Å²) in [4.78, 5) is 30.8. The fraction of sp³-hybridized carbons (Fsp3) is 0. The first-order chi connectivity index (χ1) is 32.7. The summed E-state index contributed by atoms with van der Waals surface area (Å²) < 4.78 is 4.59. The molecule has 8 heteroatoms. The molecule has 0 radical (unpaired) electrons. The molecule has 13 rings (SSSR count). The lowest BCUT2D eigenvalue weighted by atomic mass is 10.1. The van der Waals surface area contributed by atoms with Gasteiger partial charge in [0, 0.05) is 55.0 Å². The summed E-state index contributed by atoms with van der Waals surface area (Å²) in [6.07, 6.45) is 0. The summed E-state index contributed by atoms with van der Waals surface area (Å²) in [5.74, 6) is 3.59. The molecular formula is C58H36N8. The average molecular weight is 845 g/mol. The van der Waals surface area contributed by atoms with E-state index in [9.17, 15) is 0 Å². The molecule has 308 valence electrons. The standard InChI is InChI=1S/C58H36N8/c1-4-17-38(18-5-1)53-59-54(61-57(60-53)43-29-28-37-16-10-11-23-42(37)36-43)41-30-32-44(33-31-41)65-49-26-14-12-24-45(49)47-34-35-48-46-25-13-15-27-50(46)66(52(48)51(47)65)58-63-55(39-19-6-2-7-20-39)62-56(64-58)40-21-8-3-9-22-40/h1-36H. The SMILES string of the molecule is c1ccc(-c2nc(-c3ccc(-n4c5ccccc5c5ccc6c7ccccc7n(-c7nc(-c8ccccc8)nc(-c8ccccc8)n7)c6c54)cc3)nc(-c3ccc4ccccc4c3)n2)cc1. The Balaban J connectivity index is 1.03. The van der Waals surface area contributed by atoms with Crippen LogP contribution in [0.1, 0.15) is 0 Å². The summed E-state index contributed by atoms with van der Waals surface area (Å²) >= 11 is 0. The highest BCUT2D eigenvalue weighted by Crippen LogP contribution is 2.42. The highest BCUT2D eigenvalue weighted by atomic mass is 15.2. The Morgan fingerprint density at radius 1 is 0.258 bits per heavy atom. The molecule has 8 nitrogen and oxygen atoms in total. The number of hydrogen-bond acceptors (Lipinski definition) is 6. The van der Waals surface area contributed by atoms with Crippen LogP contribution in [0.2, 0.25) is 0 Å². The Morgan fingerprint density at radius 2 is 0.652 bits per heavy atom. The predicted molar refractivity (Wildman–Crippen MR) is 267 cm³/mol. The molecule has 0 fully saturated rings. The van der Waals surface area contributed by atoms with E-state index in [2.05, 4.69) is 137 Å². The van der Waals surface area contributed by atoms with Gasteiger partial charge in [0.25, 0.3) is 0 Å². The number of fused-ring (bicyclic) bond motifs is 8. The summed E-state index contributed by atoms with van der Waals surface area (Å²) in [5, 5.41) is 6.77. The van der Waals surface area contributed by atoms with E-state index in [0.717, 1.165) is 82.5 Å². The zero-order valence-corrected chi connectivity index (χ0v) is 35.4. The molecule has 9 aromatic carbocycles. The summed E-state index contributed by atoms with van der Waals surface area (Å²) in [5.41, 5.74) is 9.69. The molecule has 0 saturated carbocycles. The predicted octanol–water partition coefficient (Wildman–Crippen LogP) is 13.7. The second-order valence-electron chi connectivity index (χ2n) is 16.4. The van der Waals surface area contributed by atoms with E-state index in [1.165, 1.54) is 5.39 Å². The molecular weight excluding hydrogens is 809 g/mol. The lowest BCUT2D eigenvalue weighted by Crippen LogP contribution is -2.07. The summed E-state index contributed by atoms with van der Waals surface area (Å²) in [7, 11) is 0. The van der Waals surface area contributed by atoms with E-state index < -0.39 is 0 Å². The Hall–Kier alpha value is -9.14. The van der Waals surface area contributed by atoms with Crippen molar-refractivity contribution in [2.24, 2.45) is 0 Å². The first-order valence-corrected chi connectivity index (χ1v) is 22.0. The third kappa shape index (κ3) is 6.23. The van der Waals surface area contributed by atoms with Gasteiger partial charge in [-0.3, -0.25) is 4.57 Å². The van der Waals surface area contributed by atoms with E-state index in [1.54, 1.807) is 0 Å². The van der Waals surface area contributed by atoms with Crippen molar-refractivity contribution in [1.29, 1.82) is 0 Å². The van der Waals surface area contributed by atoms with Gasteiger partial charge in [0.15, 0.2) is 29.1 Å². The van der Waals surface area contributed by atoms with Crippen LogP contribution >= 0.6 is 0 Å². The van der Waals surface area contributed by atoms with Crippen molar-refractivity contribution in [3.8, 4) is 68.6 Å². The minimum Gasteiger partial charge on any atom is -0.307 e. The van der Waals surface area contributed by atoms with Crippen LogP contribution in [0.4, 0.5) is 0 Å². The Labute approximate surface area is 378 Å². The molecule has 0 amide bonds. The van der Waals surface area contributed by atoms with Gasteiger partial charge in [-0.15, -0.1) is 0 Å². The molecule has 0 atom stereocenters. The molecule has 13 aromatic rings. The van der Waals surface area contributed by atoms with Gasteiger partial charge >= 0.3 is 0 Å². The number of para-hydroxylation sites is 2. The second-order valence-corrected chi connectivity index (χ2v) is 16.4. The first kappa shape index (κ1) is 37.4. The maximum atomic E-state index is 5.27. The van der Waals surface area contributed by atoms with Crippen LogP contribution in [0.5, 0.6) is 0 Å². The van der Waals surface area contributed by atoms with E-state index in [-0.39, 0.29) is 0 Å². The number of aromatic nitrogens is 8. The minimum absolute atomic E-state index is 0.542. The lowest BCUT2D eigenvalue weighted by Gasteiger charge is -2.14. The van der Waals surface area contributed by atoms with Crippen LogP contribution in [0, 0.1) is 0 Å². The van der Waals surface area contributed by atoms with E-state index in [0.29, 0.717) is 35.1 Å². The number of hydrogen-bond donors (Lipinski definition) is 0. The third-order valence-electron chi connectivity index (χ3n) is 12.4. The molecule has 0 aliphatic carbocycles. The van der Waals surface area contributed by atoms with Crippen molar-refractivity contribution in [1.82, 2.24) is 39.0 Å². The van der Waals surface area contributed by atoms with Gasteiger partial charge < -0.3 is 4.57 Å². The van der Waals surface area contributed by atoms with Crippen LogP contribution in [0.25, 0.3) is 123 Å². The molecule has 4 aromatic heterocycles. The van der Waals surface area contributed by atoms with Gasteiger partial charge in [-0.25, -0.2) is 19.9 Å². The second kappa shape index (κ2) is 15.3. The van der Waals surface area contributed by atoms with Gasteiger partial charge in [-0.05, 0) is 53.2 Å². The smallest absolute Gasteiger partial charge is 0.238 e. The van der Waals surface area contributed by atoms with Crippen molar-refractivity contribution in [3.63, 3.8) is 0 Å². The van der Waals surface area contributed by atoms with Crippen LogP contribution in [0.3, 0.4) is 0 Å². The fourth-order valence-electron chi connectivity index (χ4n) is 9.31. The molecule has 0 bridgehead atoms. The third-order valence-corrected chi connectivity index (χ3v) is 12.4. The monoisotopic (exact) mass is 844 g/mol. The number of rotatable bonds is 7. The maximum absolute atomic E-state index is 5.27. The Morgan fingerprint density at radius 3 is 1.20 bits per heavy atom. The number of nitrogens with zero attached hydrogens (tertiary/aromatic N) is 8. The van der Waals surface area contributed by atoms with E-state index >= 15 is 0 Å². The molecule has 0 N–H and O–H groups in total. The topological polar surface area (TPSA) is 87.2 Å². The van der Waals surface area contributed by atoms with Gasteiger partial charge in [-0.1, -0.05) is 176 Å². The number of benzene rings is 9. The molecule has 4 heterocycles. The largest absolute Gasteiger partial charge is 0.307 e. The molecule has 66 heavy (non-hydrogen) atoms. The van der Waals surface area contributed by atoms with E-state index in [1.807, 2.05) is 91.0 Å². The summed E-state index contributed by atoms with van der Waals surface area (Å²) in [6, 6.07) is 75.3.